The first-order valence-corrected chi connectivity index (χ1v) is 5.45. The molecule has 2 aromatic rings. The molecule has 2 rings (SSSR count). The normalized spacial score (nSPS) is 10.1. The Labute approximate surface area is 100 Å². The van der Waals surface area contributed by atoms with E-state index in [-0.39, 0.29) is 5.91 Å². The van der Waals surface area contributed by atoms with Gasteiger partial charge in [-0.2, -0.15) is 0 Å². The molecule has 86 valence electrons. The number of H-pyrrole nitrogens is 1. The molecule has 0 unspecified atom stereocenters. The van der Waals surface area contributed by atoms with E-state index in [0.29, 0.717) is 13.0 Å². The Balaban J connectivity index is 2.19. The van der Waals surface area contributed by atoms with Crippen LogP contribution in [0.15, 0.2) is 30.5 Å². The summed E-state index contributed by atoms with van der Waals surface area (Å²) < 4.78 is 0. The number of benzene rings is 1. The van der Waals surface area contributed by atoms with Gasteiger partial charge >= 0.3 is 0 Å². The Morgan fingerprint density at radius 2 is 2.24 bits per heavy atom. The summed E-state index contributed by atoms with van der Waals surface area (Å²) in [5.41, 5.74) is 2.06. The van der Waals surface area contributed by atoms with Crippen molar-refractivity contribution >= 4 is 16.8 Å². The number of terminal acetylenes is 1. The Bertz CT molecular complexity index is 577. The van der Waals surface area contributed by atoms with Crippen LogP contribution in [0.5, 0.6) is 0 Å². The molecule has 1 aromatic heterocycles. The molecule has 1 heterocycles. The predicted molar refractivity (Wildman–Crippen MR) is 68.5 cm³/mol. The lowest BCUT2D eigenvalue weighted by Gasteiger charge is -2.13. The van der Waals surface area contributed by atoms with E-state index in [1.54, 1.807) is 11.9 Å². The van der Waals surface area contributed by atoms with Crippen molar-refractivity contribution < 1.29 is 4.79 Å². The number of carbonyl (C=O) groups excluding carboxylic acids is 1. The highest BCUT2D eigenvalue weighted by molar-refractivity contribution is 5.88. The number of amides is 1. The number of likely N-dealkylation sites (N-methyl/N-ethyl adjacent to an activating group) is 1. The van der Waals surface area contributed by atoms with E-state index in [1.807, 2.05) is 30.5 Å². The minimum Gasteiger partial charge on any atom is -0.361 e. The third-order valence-electron chi connectivity index (χ3n) is 2.77. The Morgan fingerprint density at radius 1 is 1.47 bits per heavy atom. The van der Waals surface area contributed by atoms with Crippen molar-refractivity contribution in [3.8, 4) is 12.3 Å². The van der Waals surface area contributed by atoms with Gasteiger partial charge in [-0.3, -0.25) is 4.79 Å². The van der Waals surface area contributed by atoms with Gasteiger partial charge in [0.25, 0.3) is 0 Å². The molecule has 0 fully saturated rings. The molecule has 0 saturated carbocycles. The molecule has 0 aliphatic rings. The molecule has 1 N–H and O–H groups in total. The van der Waals surface area contributed by atoms with E-state index in [1.165, 1.54) is 0 Å². The van der Waals surface area contributed by atoms with Gasteiger partial charge in [0.2, 0.25) is 5.91 Å². The summed E-state index contributed by atoms with van der Waals surface area (Å²) in [5.74, 6) is 2.50. The van der Waals surface area contributed by atoms with Crippen LogP contribution in [0.1, 0.15) is 5.56 Å². The van der Waals surface area contributed by atoms with Crippen molar-refractivity contribution in [2.45, 2.75) is 6.42 Å². The molecule has 0 bridgehead atoms. The fourth-order valence-electron chi connectivity index (χ4n) is 1.80. The fraction of sp³-hybridized carbons (Fsp3) is 0.214. The molecule has 3 nitrogen and oxygen atoms in total. The van der Waals surface area contributed by atoms with E-state index in [9.17, 15) is 4.79 Å². The average molecular weight is 226 g/mol. The second kappa shape index (κ2) is 4.75. The van der Waals surface area contributed by atoms with Gasteiger partial charge in [0.15, 0.2) is 0 Å². The largest absolute Gasteiger partial charge is 0.361 e. The number of fused-ring (bicyclic) bond motifs is 1. The number of aromatic amines is 1. The molecule has 3 heteroatoms. The van der Waals surface area contributed by atoms with Crippen molar-refractivity contribution in [2.75, 3.05) is 13.6 Å². The van der Waals surface area contributed by atoms with Crippen LogP contribution in [0.2, 0.25) is 0 Å². The van der Waals surface area contributed by atoms with Crippen LogP contribution >= 0.6 is 0 Å². The van der Waals surface area contributed by atoms with Gasteiger partial charge in [-0.05, 0) is 11.6 Å². The number of rotatable bonds is 3. The quantitative estimate of drug-likeness (QED) is 0.796. The van der Waals surface area contributed by atoms with Crippen LogP contribution in [0.3, 0.4) is 0 Å². The topological polar surface area (TPSA) is 36.1 Å². The number of hydrogen-bond donors (Lipinski definition) is 1. The highest BCUT2D eigenvalue weighted by Crippen LogP contribution is 2.18. The van der Waals surface area contributed by atoms with Crippen LogP contribution < -0.4 is 0 Å². The zero-order chi connectivity index (χ0) is 12.3. The molecule has 17 heavy (non-hydrogen) atoms. The molecular weight excluding hydrogens is 212 g/mol. The number of nitrogens with one attached hydrogen (secondary N) is 1. The molecule has 0 spiro atoms. The second-order valence-corrected chi connectivity index (χ2v) is 3.99. The van der Waals surface area contributed by atoms with Gasteiger partial charge in [0, 0.05) is 24.1 Å². The number of para-hydroxylation sites is 1. The molecule has 0 radical (unpaired) electrons. The first-order valence-electron chi connectivity index (χ1n) is 5.45. The average Bonchev–Trinajstić information content (AvgIpc) is 2.73. The summed E-state index contributed by atoms with van der Waals surface area (Å²) in [6, 6.07) is 7.94. The zero-order valence-electron chi connectivity index (χ0n) is 9.73. The van der Waals surface area contributed by atoms with Crippen molar-refractivity contribution in [2.24, 2.45) is 0 Å². The van der Waals surface area contributed by atoms with Crippen LogP contribution in [0, 0.1) is 12.3 Å². The molecular formula is C14H14N2O. The highest BCUT2D eigenvalue weighted by Gasteiger charge is 2.11. The van der Waals surface area contributed by atoms with E-state index in [4.69, 9.17) is 6.42 Å². The van der Waals surface area contributed by atoms with E-state index in [2.05, 4.69) is 10.9 Å². The molecule has 0 aliphatic heterocycles. The fourth-order valence-corrected chi connectivity index (χ4v) is 1.80. The Kier molecular flexibility index (Phi) is 3.15. The lowest BCUT2D eigenvalue weighted by atomic mass is 10.1. The summed E-state index contributed by atoms with van der Waals surface area (Å²) >= 11 is 0. The third-order valence-corrected chi connectivity index (χ3v) is 2.77. The highest BCUT2D eigenvalue weighted by atomic mass is 16.2. The van der Waals surface area contributed by atoms with Crippen LogP contribution in [-0.4, -0.2) is 29.4 Å². The van der Waals surface area contributed by atoms with Crippen molar-refractivity contribution in [1.29, 1.82) is 0 Å². The molecule has 0 aliphatic carbocycles. The zero-order valence-corrected chi connectivity index (χ0v) is 9.73. The minimum absolute atomic E-state index is 0.0349. The summed E-state index contributed by atoms with van der Waals surface area (Å²) in [6.45, 7) is 0.348. The van der Waals surface area contributed by atoms with Gasteiger partial charge in [-0.1, -0.05) is 24.1 Å². The lowest BCUT2D eigenvalue weighted by Crippen LogP contribution is -2.28. The van der Waals surface area contributed by atoms with Crippen molar-refractivity contribution in [3.05, 3.63) is 36.0 Å². The van der Waals surface area contributed by atoms with Crippen molar-refractivity contribution in [3.63, 3.8) is 0 Å². The summed E-state index contributed by atoms with van der Waals surface area (Å²) in [5, 5.41) is 1.09. The Hall–Kier alpha value is -2.21. The first-order chi connectivity index (χ1) is 8.22. The van der Waals surface area contributed by atoms with E-state index >= 15 is 0 Å². The van der Waals surface area contributed by atoms with Crippen LogP contribution in [-0.2, 0) is 11.2 Å². The van der Waals surface area contributed by atoms with Gasteiger partial charge < -0.3 is 9.88 Å². The predicted octanol–water partition coefficient (Wildman–Crippen LogP) is 1.80. The summed E-state index contributed by atoms with van der Waals surface area (Å²) in [4.78, 5) is 16.6. The Morgan fingerprint density at radius 3 is 3.00 bits per heavy atom. The molecule has 1 aromatic carbocycles. The maximum absolute atomic E-state index is 11.9. The first kappa shape index (κ1) is 11.3. The van der Waals surface area contributed by atoms with Gasteiger partial charge in [-0.25, -0.2) is 0 Å². The van der Waals surface area contributed by atoms with Gasteiger partial charge in [-0.15, -0.1) is 6.42 Å². The lowest BCUT2D eigenvalue weighted by molar-refractivity contribution is -0.128. The van der Waals surface area contributed by atoms with Crippen LogP contribution in [0.4, 0.5) is 0 Å². The van der Waals surface area contributed by atoms with Gasteiger partial charge in [0.05, 0.1) is 13.0 Å². The SMILES string of the molecule is C#CCN(C)C(=O)Cc1c[nH]c2ccccc12. The molecule has 0 atom stereocenters. The monoisotopic (exact) mass is 226 g/mol. The third kappa shape index (κ3) is 2.31. The minimum atomic E-state index is 0.0349. The summed E-state index contributed by atoms with van der Waals surface area (Å²) in [6.07, 6.45) is 7.44. The maximum atomic E-state index is 11.9. The molecule has 0 saturated heterocycles. The van der Waals surface area contributed by atoms with Crippen LogP contribution in [0.25, 0.3) is 10.9 Å². The number of nitrogens with zero attached hydrogens (tertiary/aromatic N) is 1. The number of hydrogen-bond acceptors (Lipinski definition) is 1. The summed E-state index contributed by atoms with van der Waals surface area (Å²) in [7, 11) is 1.72. The molecule has 1 amide bonds. The number of aromatic nitrogens is 1. The maximum Gasteiger partial charge on any atom is 0.227 e. The number of carbonyl (C=O) groups is 1. The smallest absolute Gasteiger partial charge is 0.227 e. The van der Waals surface area contributed by atoms with E-state index in [0.717, 1.165) is 16.5 Å². The second-order valence-electron chi connectivity index (χ2n) is 3.99. The van der Waals surface area contributed by atoms with Gasteiger partial charge in [0.1, 0.15) is 0 Å². The van der Waals surface area contributed by atoms with Crippen molar-refractivity contribution in [1.82, 2.24) is 9.88 Å². The standard InChI is InChI=1S/C14H14N2O/c1-3-8-16(2)14(17)9-11-10-15-13-7-5-4-6-12(11)13/h1,4-7,10,15H,8-9H2,2H3. The van der Waals surface area contributed by atoms with E-state index < -0.39 is 0 Å².